The first-order chi connectivity index (χ1) is 10.3. The molecule has 1 atom stereocenters. The molecule has 0 amide bonds. The van der Waals surface area contributed by atoms with E-state index in [4.69, 9.17) is 10.00 Å². The van der Waals surface area contributed by atoms with Gasteiger partial charge in [-0.3, -0.25) is 0 Å². The van der Waals surface area contributed by atoms with E-state index in [1.54, 1.807) is 24.3 Å². The van der Waals surface area contributed by atoms with Crippen molar-refractivity contribution in [3.05, 3.63) is 29.8 Å². The Morgan fingerprint density at radius 1 is 1.38 bits per heavy atom. The van der Waals surface area contributed by atoms with Crippen molar-refractivity contribution < 1.29 is 9.84 Å². The first kappa shape index (κ1) is 15.8. The summed E-state index contributed by atoms with van der Waals surface area (Å²) in [5.74, 6) is 0.616. The number of nitrogens with zero attached hydrogens (tertiary/aromatic N) is 2. The van der Waals surface area contributed by atoms with Crippen LogP contribution >= 0.6 is 0 Å². The molecule has 1 aliphatic rings. The summed E-state index contributed by atoms with van der Waals surface area (Å²) in [7, 11) is 0. The maximum atomic E-state index is 9.86. The van der Waals surface area contributed by atoms with Gasteiger partial charge in [-0.05, 0) is 44.1 Å². The Labute approximate surface area is 126 Å². The fourth-order valence-electron chi connectivity index (χ4n) is 2.42. The van der Waals surface area contributed by atoms with Gasteiger partial charge in [-0.1, -0.05) is 6.07 Å². The number of aliphatic hydroxyl groups excluding tert-OH is 1. The number of nitrogens with one attached hydrogen (secondary N) is 1. The third-order valence-corrected chi connectivity index (χ3v) is 3.59. The van der Waals surface area contributed by atoms with Crippen LogP contribution in [-0.4, -0.2) is 55.4 Å². The first-order valence-electron chi connectivity index (χ1n) is 7.52. The Balaban J connectivity index is 1.58. The lowest BCUT2D eigenvalue weighted by Gasteiger charge is -2.16. The normalized spacial score (nSPS) is 16.6. The van der Waals surface area contributed by atoms with E-state index >= 15 is 0 Å². The molecule has 1 unspecified atom stereocenters. The van der Waals surface area contributed by atoms with E-state index in [9.17, 15) is 5.11 Å². The summed E-state index contributed by atoms with van der Waals surface area (Å²) in [6, 6.07) is 9.02. The van der Waals surface area contributed by atoms with Gasteiger partial charge in [-0.15, -0.1) is 0 Å². The lowest BCUT2D eigenvalue weighted by molar-refractivity contribution is 0.106. The molecule has 0 spiro atoms. The molecular formula is C16H23N3O2. The van der Waals surface area contributed by atoms with Crippen molar-refractivity contribution in [3.63, 3.8) is 0 Å². The van der Waals surface area contributed by atoms with Crippen LogP contribution < -0.4 is 10.1 Å². The maximum absolute atomic E-state index is 9.86. The van der Waals surface area contributed by atoms with E-state index in [1.807, 2.05) is 0 Å². The van der Waals surface area contributed by atoms with Gasteiger partial charge in [0.2, 0.25) is 0 Å². The zero-order valence-corrected chi connectivity index (χ0v) is 12.3. The van der Waals surface area contributed by atoms with E-state index in [-0.39, 0.29) is 6.61 Å². The zero-order chi connectivity index (χ0) is 14.9. The van der Waals surface area contributed by atoms with E-state index < -0.39 is 6.10 Å². The van der Waals surface area contributed by atoms with Crippen LogP contribution in [0.2, 0.25) is 0 Å². The number of hydrogen-bond acceptors (Lipinski definition) is 5. The molecule has 1 heterocycles. The topological polar surface area (TPSA) is 68.5 Å². The summed E-state index contributed by atoms with van der Waals surface area (Å²) < 4.78 is 5.49. The molecule has 0 radical (unpaired) electrons. The molecular weight excluding hydrogens is 266 g/mol. The van der Waals surface area contributed by atoms with Crippen LogP contribution in [0.25, 0.3) is 0 Å². The summed E-state index contributed by atoms with van der Waals surface area (Å²) in [6.07, 6.45) is 2.06. The van der Waals surface area contributed by atoms with Crippen LogP contribution in [0.5, 0.6) is 5.75 Å². The van der Waals surface area contributed by atoms with Gasteiger partial charge in [0.05, 0.1) is 11.6 Å². The highest BCUT2D eigenvalue weighted by atomic mass is 16.5. The molecule has 21 heavy (non-hydrogen) atoms. The molecule has 0 aliphatic carbocycles. The van der Waals surface area contributed by atoms with Crippen LogP contribution in [-0.2, 0) is 0 Å². The smallest absolute Gasteiger partial charge is 0.120 e. The molecule has 0 aromatic heterocycles. The van der Waals surface area contributed by atoms with Crippen molar-refractivity contribution in [1.82, 2.24) is 10.2 Å². The van der Waals surface area contributed by atoms with Gasteiger partial charge < -0.3 is 20.1 Å². The Bertz CT molecular complexity index is 467. The first-order valence-corrected chi connectivity index (χ1v) is 7.52. The van der Waals surface area contributed by atoms with Gasteiger partial charge in [0.15, 0.2) is 0 Å². The maximum Gasteiger partial charge on any atom is 0.120 e. The minimum Gasteiger partial charge on any atom is -0.491 e. The van der Waals surface area contributed by atoms with E-state index in [2.05, 4.69) is 16.3 Å². The van der Waals surface area contributed by atoms with Crippen molar-refractivity contribution >= 4 is 0 Å². The zero-order valence-electron chi connectivity index (χ0n) is 12.3. The van der Waals surface area contributed by atoms with Gasteiger partial charge in [0.25, 0.3) is 0 Å². The number of nitriles is 1. The molecule has 0 saturated carbocycles. The molecule has 1 fully saturated rings. The fraction of sp³-hybridized carbons (Fsp3) is 0.562. The summed E-state index contributed by atoms with van der Waals surface area (Å²) in [6.45, 7) is 5.07. The van der Waals surface area contributed by atoms with E-state index in [0.29, 0.717) is 17.9 Å². The number of rotatable bonds is 8. The SMILES string of the molecule is N#Cc1cccc(OCC(O)CNCCN2CCCC2)c1. The standard InChI is InChI=1S/C16H23N3O2/c17-11-14-4-3-5-16(10-14)21-13-15(20)12-18-6-9-19-7-1-2-8-19/h3-5,10,15,18,20H,1-2,6-9,12-13H2. The molecule has 2 rings (SSSR count). The largest absolute Gasteiger partial charge is 0.491 e. The molecule has 1 aromatic rings. The molecule has 1 aliphatic heterocycles. The van der Waals surface area contributed by atoms with E-state index in [1.165, 1.54) is 25.9 Å². The van der Waals surface area contributed by atoms with Crippen molar-refractivity contribution in [2.75, 3.05) is 39.3 Å². The van der Waals surface area contributed by atoms with Gasteiger partial charge >= 0.3 is 0 Å². The summed E-state index contributed by atoms with van der Waals surface area (Å²) >= 11 is 0. The third-order valence-electron chi connectivity index (χ3n) is 3.59. The second-order valence-corrected chi connectivity index (χ2v) is 5.36. The molecule has 5 nitrogen and oxygen atoms in total. The lowest BCUT2D eigenvalue weighted by Crippen LogP contribution is -2.36. The van der Waals surface area contributed by atoms with Crippen LogP contribution in [0, 0.1) is 11.3 Å². The monoisotopic (exact) mass is 289 g/mol. The summed E-state index contributed by atoms with van der Waals surface area (Å²) in [5.41, 5.74) is 0.561. The van der Waals surface area contributed by atoms with Crippen LogP contribution in [0.15, 0.2) is 24.3 Å². The minimum absolute atomic E-state index is 0.228. The highest BCUT2D eigenvalue weighted by Gasteiger charge is 2.11. The Morgan fingerprint density at radius 2 is 2.19 bits per heavy atom. The molecule has 114 valence electrons. The average molecular weight is 289 g/mol. The Morgan fingerprint density at radius 3 is 2.95 bits per heavy atom. The fourth-order valence-corrected chi connectivity index (χ4v) is 2.42. The number of aliphatic hydroxyl groups is 1. The Kier molecular flexibility index (Phi) is 6.48. The van der Waals surface area contributed by atoms with Crippen LogP contribution in [0.3, 0.4) is 0 Å². The molecule has 1 saturated heterocycles. The van der Waals surface area contributed by atoms with Crippen molar-refractivity contribution in [3.8, 4) is 11.8 Å². The second-order valence-electron chi connectivity index (χ2n) is 5.36. The van der Waals surface area contributed by atoms with Crippen LogP contribution in [0.4, 0.5) is 0 Å². The molecule has 0 bridgehead atoms. The summed E-state index contributed by atoms with van der Waals surface area (Å²) in [4.78, 5) is 2.43. The van der Waals surface area contributed by atoms with Gasteiger partial charge in [0.1, 0.15) is 18.5 Å². The number of hydrogen-bond donors (Lipinski definition) is 2. The molecule has 2 N–H and O–H groups in total. The van der Waals surface area contributed by atoms with E-state index in [0.717, 1.165) is 13.1 Å². The molecule has 1 aromatic carbocycles. The van der Waals surface area contributed by atoms with Gasteiger partial charge in [-0.25, -0.2) is 0 Å². The Hall–Kier alpha value is -1.61. The highest BCUT2D eigenvalue weighted by molar-refractivity contribution is 5.36. The predicted molar refractivity (Wildman–Crippen MR) is 81.2 cm³/mol. The van der Waals surface area contributed by atoms with Crippen molar-refractivity contribution in [2.45, 2.75) is 18.9 Å². The highest BCUT2D eigenvalue weighted by Crippen LogP contribution is 2.12. The lowest BCUT2D eigenvalue weighted by atomic mass is 10.2. The number of ether oxygens (including phenoxy) is 1. The summed E-state index contributed by atoms with van der Waals surface area (Å²) in [5, 5.41) is 21.9. The van der Waals surface area contributed by atoms with Gasteiger partial charge in [0, 0.05) is 19.6 Å². The van der Waals surface area contributed by atoms with Gasteiger partial charge in [-0.2, -0.15) is 5.26 Å². The van der Waals surface area contributed by atoms with Crippen LogP contribution in [0.1, 0.15) is 18.4 Å². The predicted octanol–water partition coefficient (Wildman–Crippen LogP) is 0.983. The average Bonchev–Trinajstić information content (AvgIpc) is 3.03. The quantitative estimate of drug-likeness (QED) is 0.698. The minimum atomic E-state index is -0.547. The number of likely N-dealkylation sites (tertiary alicyclic amines) is 1. The molecule has 5 heteroatoms. The second kappa shape index (κ2) is 8.63. The van der Waals surface area contributed by atoms with Crippen molar-refractivity contribution in [2.24, 2.45) is 0 Å². The third kappa shape index (κ3) is 5.72. The number of benzene rings is 1. The van der Waals surface area contributed by atoms with Crippen molar-refractivity contribution in [1.29, 1.82) is 5.26 Å².